The first-order valence-electron chi connectivity index (χ1n) is 7.68. The zero-order valence-electron chi connectivity index (χ0n) is 12.4. The van der Waals surface area contributed by atoms with Crippen LogP contribution in [0.2, 0.25) is 5.02 Å². The standard InChI is InChI=1S/C18H19ClO3/c19-15-8-6-14(7-9-15)5-4-12-21-16-13-17(20)22-18(16)10-2-1-3-11-18/h4-9,13H,1-3,10-12H2/b5-4+. The molecule has 116 valence electrons. The van der Waals surface area contributed by atoms with Gasteiger partial charge in [0.25, 0.3) is 0 Å². The summed E-state index contributed by atoms with van der Waals surface area (Å²) < 4.78 is 11.4. The molecule has 1 aromatic carbocycles. The average Bonchev–Trinajstić information content (AvgIpc) is 2.81. The predicted octanol–water partition coefficient (Wildman–Crippen LogP) is 4.51. The van der Waals surface area contributed by atoms with E-state index >= 15 is 0 Å². The second-order valence-electron chi connectivity index (χ2n) is 5.75. The van der Waals surface area contributed by atoms with Crippen molar-refractivity contribution in [3.8, 4) is 0 Å². The van der Waals surface area contributed by atoms with Crippen molar-refractivity contribution in [1.82, 2.24) is 0 Å². The average molecular weight is 319 g/mol. The van der Waals surface area contributed by atoms with Gasteiger partial charge < -0.3 is 9.47 Å². The Morgan fingerprint density at radius 3 is 2.64 bits per heavy atom. The van der Waals surface area contributed by atoms with Crippen LogP contribution < -0.4 is 0 Å². The highest BCUT2D eigenvalue weighted by molar-refractivity contribution is 6.30. The van der Waals surface area contributed by atoms with Crippen molar-refractivity contribution >= 4 is 23.6 Å². The van der Waals surface area contributed by atoms with Crippen LogP contribution in [0.1, 0.15) is 37.7 Å². The Morgan fingerprint density at radius 2 is 1.91 bits per heavy atom. The Bertz CT molecular complexity index is 595. The van der Waals surface area contributed by atoms with Gasteiger partial charge in [-0.1, -0.05) is 36.2 Å². The molecule has 1 heterocycles. The normalized spacial score (nSPS) is 20.2. The third-order valence-electron chi connectivity index (χ3n) is 4.17. The van der Waals surface area contributed by atoms with E-state index in [4.69, 9.17) is 21.1 Å². The van der Waals surface area contributed by atoms with Crippen LogP contribution in [-0.2, 0) is 14.3 Å². The van der Waals surface area contributed by atoms with Crippen LogP contribution in [-0.4, -0.2) is 18.2 Å². The van der Waals surface area contributed by atoms with Gasteiger partial charge in [0.2, 0.25) is 0 Å². The number of carbonyl (C=O) groups excluding carboxylic acids is 1. The largest absolute Gasteiger partial charge is 0.489 e. The highest BCUT2D eigenvalue weighted by Crippen LogP contribution is 2.41. The number of hydrogen-bond acceptors (Lipinski definition) is 3. The van der Waals surface area contributed by atoms with Crippen LogP contribution in [0.4, 0.5) is 0 Å². The maximum absolute atomic E-state index is 11.6. The molecule has 1 spiro atoms. The van der Waals surface area contributed by atoms with Crippen molar-refractivity contribution in [2.24, 2.45) is 0 Å². The van der Waals surface area contributed by atoms with Gasteiger partial charge in [-0.15, -0.1) is 0 Å². The highest BCUT2D eigenvalue weighted by atomic mass is 35.5. The lowest BCUT2D eigenvalue weighted by atomic mass is 9.84. The lowest BCUT2D eigenvalue weighted by molar-refractivity contribution is -0.150. The van der Waals surface area contributed by atoms with Crippen LogP contribution in [0.3, 0.4) is 0 Å². The van der Waals surface area contributed by atoms with Crippen LogP contribution >= 0.6 is 11.6 Å². The molecular formula is C18H19ClO3. The Hall–Kier alpha value is -1.74. The smallest absolute Gasteiger partial charge is 0.335 e. The first-order valence-corrected chi connectivity index (χ1v) is 8.06. The molecule has 3 nitrogen and oxygen atoms in total. The highest BCUT2D eigenvalue weighted by Gasteiger charge is 2.45. The summed E-state index contributed by atoms with van der Waals surface area (Å²) in [5.41, 5.74) is 0.566. The summed E-state index contributed by atoms with van der Waals surface area (Å²) >= 11 is 5.85. The molecule has 0 radical (unpaired) electrons. The Morgan fingerprint density at radius 1 is 1.18 bits per heavy atom. The summed E-state index contributed by atoms with van der Waals surface area (Å²) in [4.78, 5) is 11.6. The lowest BCUT2D eigenvalue weighted by Crippen LogP contribution is -2.35. The molecule has 0 aromatic heterocycles. The predicted molar refractivity (Wildman–Crippen MR) is 86.4 cm³/mol. The van der Waals surface area contributed by atoms with Gasteiger partial charge in [-0.25, -0.2) is 4.79 Å². The zero-order chi connectivity index (χ0) is 15.4. The van der Waals surface area contributed by atoms with E-state index in [1.807, 2.05) is 36.4 Å². The second kappa shape index (κ2) is 6.57. The van der Waals surface area contributed by atoms with Gasteiger partial charge in [-0.2, -0.15) is 0 Å². The molecule has 1 aliphatic carbocycles. The molecule has 0 saturated heterocycles. The van der Waals surface area contributed by atoms with Crippen molar-refractivity contribution in [2.45, 2.75) is 37.7 Å². The molecular weight excluding hydrogens is 300 g/mol. The summed E-state index contributed by atoms with van der Waals surface area (Å²) in [6.45, 7) is 0.423. The number of carbonyl (C=O) groups is 1. The number of hydrogen-bond donors (Lipinski definition) is 0. The topological polar surface area (TPSA) is 35.5 Å². The van der Waals surface area contributed by atoms with E-state index in [-0.39, 0.29) is 5.97 Å². The third kappa shape index (κ3) is 3.36. The molecule has 22 heavy (non-hydrogen) atoms. The minimum atomic E-state index is -0.497. The molecule has 0 bridgehead atoms. The van der Waals surface area contributed by atoms with E-state index in [1.54, 1.807) is 0 Å². The molecule has 0 atom stereocenters. The minimum Gasteiger partial charge on any atom is -0.489 e. The first-order chi connectivity index (χ1) is 10.7. The van der Waals surface area contributed by atoms with E-state index in [1.165, 1.54) is 12.5 Å². The van der Waals surface area contributed by atoms with Gasteiger partial charge in [0.05, 0.1) is 6.08 Å². The second-order valence-corrected chi connectivity index (χ2v) is 6.19. The van der Waals surface area contributed by atoms with Crippen LogP contribution in [0.25, 0.3) is 6.08 Å². The Balaban J connectivity index is 1.59. The van der Waals surface area contributed by atoms with Gasteiger partial charge in [-0.3, -0.25) is 0 Å². The number of benzene rings is 1. The van der Waals surface area contributed by atoms with E-state index in [2.05, 4.69) is 0 Å². The van der Waals surface area contributed by atoms with Gasteiger partial charge in [0.1, 0.15) is 12.4 Å². The monoisotopic (exact) mass is 318 g/mol. The number of halogens is 1. The molecule has 1 aromatic rings. The quantitative estimate of drug-likeness (QED) is 0.766. The van der Waals surface area contributed by atoms with E-state index in [0.717, 1.165) is 36.3 Å². The summed E-state index contributed by atoms with van der Waals surface area (Å²) in [5.74, 6) is 0.413. The fraction of sp³-hybridized carbons (Fsp3) is 0.389. The SMILES string of the molecule is O=C1C=C(OC/C=C/c2ccc(Cl)cc2)C2(CCCCC2)O1. The number of rotatable bonds is 4. The van der Waals surface area contributed by atoms with E-state index < -0.39 is 5.60 Å². The van der Waals surface area contributed by atoms with Crippen molar-refractivity contribution in [2.75, 3.05) is 6.61 Å². The molecule has 1 fully saturated rings. The lowest BCUT2D eigenvalue weighted by Gasteiger charge is -2.33. The van der Waals surface area contributed by atoms with Crippen LogP contribution in [0.15, 0.2) is 42.2 Å². The molecule has 0 unspecified atom stereocenters. The van der Waals surface area contributed by atoms with Gasteiger partial charge in [0.15, 0.2) is 5.60 Å². The summed E-state index contributed by atoms with van der Waals surface area (Å²) in [7, 11) is 0. The number of ether oxygens (including phenoxy) is 2. The summed E-state index contributed by atoms with van der Waals surface area (Å²) in [6.07, 6.45) is 10.5. The summed E-state index contributed by atoms with van der Waals surface area (Å²) in [5, 5.41) is 0.722. The molecule has 1 saturated carbocycles. The van der Waals surface area contributed by atoms with E-state index in [0.29, 0.717) is 12.4 Å². The Kier molecular flexibility index (Phi) is 4.53. The molecule has 1 aliphatic heterocycles. The molecule has 2 aliphatic rings. The minimum absolute atomic E-state index is 0.279. The first kappa shape index (κ1) is 15.2. The zero-order valence-corrected chi connectivity index (χ0v) is 13.1. The fourth-order valence-corrected chi connectivity index (χ4v) is 3.18. The van der Waals surface area contributed by atoms with Crippen LogP contribution in [0.5, 0.6) is 0 Å². The van der Waals surface area contributed by atoms with Crippen molar-refractivity contribution in [1.29, 1.82) is 0 Å². The molecule has 3 rings (SSSR count). The Labute approximate surface area is 135 Å². The molecule has 4 heteroatoms. The van der Waals surface area contributed by atoms with Crippen molar-refractivity contribution in [3.05, 3.63) is 52.8 Å². The van der Waals surface area contributed by atoms with Crippen LogP contribution in [0, 0.1) is 0 Å². The molecule has 0 N–H and O–H groups in total. The molecule has 0 amide bonds. The third-order valence-corrected chi connectivity index (χ3v) is 4.42. The maximum Gasteiger partial charge on any atom is 0.335 e. The van der Waals surface area contributed by atoms with Crippen molar-refractivity contribution < 1.29 is 14.3 Å². The van der Waals surface area contributed by atoms with E-state index in [9.17, 15) is 4.79 Å². The van der Waals surface area contributed by atoms with Crippen molar-refractivity contribution in [3.63, 3.8) is 0 Å². The van der Waals surface area contributed by atoms with Gasteiger partial charge in [-0.05, 0) is 49.5 Å². The maximum atomic E-state index is 11.6. The van der Waals surface area contributed by atoms with Gasteiger partial charge in [0, 0.05) is 5.02 Å². The fourth-order valence-electron chi connectivity index (χ4n) is 3.05. The van der Waals surface area contributed by atoms with Gasteiger partial charge >= 0.3 is 5.97 Å². The number of esters is 1. The summed E-state index contributed by atoms with van der Waals surface area (Å²) in [6, 6.07) is 7.60.